The predicted molar refractivity (Wildman–Crippen MR) is 88.8 cm³/mol. The maximum atomic E-state index is 12.4. The fourth-order valence-electron chi connectivity index (χ4n) is 2.06. The minimum atomic E-state index is -0.197. The molecule has 0 radical (unpaired) electrons. The number of amides is 1. The quantitative estimate of drug-likeness (QED) is 0.798. The van der Waals surface area contributed by atoms with E-state index in [2.05, 4.69) is 16.9 Å². The van der Waals surface area contributed by atoms with Gasteiger partial charge in [0.25, 0.3) is 5.91 Å². The smallest absolute Gasteiger partial charge is 0.251 e. The van der Waals surface area contributed by atoms with Crippen LogP contribution in [-0.4, -0.2) is 24.6 Å². The molecule has 2 rings (SSSR count). The molecule has 0 aliphatic carbocycles. The lowest BCUT2D eigenvalue weighted by molar-refractivity contribution is 0.0938. The van der Waals surface area contributed by atoms with Crippen molar-refractivity contribution >= 4 is 5.91 Å². The van der Waals surface area contributed by atoms with Crippen LogP contribution in [0.4, 0.5) is 0 Å². The number of nitrogens with zero attached hydrogens (tertiary/aromatic N) is 1. The zero-order valence-electron chi connectivity index (χ0n) is 13.3. The number of carbonyl (C=O) groups is 1. The summed E-state index contributed by atoms with van der Waals surface area (Å²) in [5.41, 5.74) is 1.30. The molecule has 0 aliphatic rings. The van der Waals surface area contributed by atoms with Gasteiger partial charge in [0.05, 0.1) is 18.8 Å². The van der Waals surface area contributed by atoms with Gasteiger partial charge in [-0.05, 0) is 37.3 Å². The second kappa shape index (κ2) is 7.98. The van der Waals surface area contributed by atoms with E-state index < -0.39 is 0 Å². The molecule has 1 unspecified atom stereocenters. The number of benzene rings is 1. The maximum Gasteiger partial charge on any atom is 0.251 e. The summed E-state index contributed by atoms with van der Waals surface area (Å²) in [6.07, 6.45) is 3.35. The third kappa shape index (κ3) is 4.32. The van der Waals surface area contributed by atoms with Gasteiger partial charge in [-0.25, -0.2) is 0 Å². The fourth-order valence-corrected chi connectivity index (χ4v) is 2.06. The summed E-state index contributed by atoms with van der Waals surface area (Å²) in [6, 6.07) is 10.5. The number of nitrogens with one attached hydrogen (secondary N) is 1. The first-order chi connectivity index (χ1) is 11.2. The SMILES string of the molecule is C=CCOc1ccc(C(=O)NC(C)c2ccccn2)cc1OC. The van der Waals surface area contributed by atoms with Crippen molar-refractivity contribution in [1.29, 1.82) is 0 Å². The van der Waals surface area contributed by atoms with E-state index in [0.717, 1.165) is 5.69 Å². The van der Waals surface area contributed by atoms with Gasteiger partial charge in [-0.2, -0.15) is 0 Å². The molecule has 0 aliphatic heterocycles. The Labute approximate surface area is 136 Å². The molecule has 5 heteroatoms. The number of hydrogen-bond donors (Lipinski definition) is 1. The number of pyridine rings is 1. The van der Waals surface area contributed by atoms with Gasteiger partial charge >= 0.3 is 0 Å². The molecule has 0 fully saturated rings. The highest BCUT2D eigenvalue weighted by molar-refractivity contribution is 5.95. The third-order valence-corrected chi connectivity index (χ3v) is 3.26. The van der Waals surface area contributed by atoms with E-state index in [0.29, 0.717) is 23.7 Å². The maximum absolute atomic E-state index is 12.4. The van der Waals surface area contributed by atoms with E-state index in [4.69, 9.17) is 9.47 Å². The van der Waals surface area contributed by atoms with Crippen LogP contribution in [0.3, 0.4) is 0 Å². The summed E-state index contributed by atoms with van der Waals surface area (Å²) in [4.78, 5) is 16.6. The minimum Gasteiger partial charge on any atom is -0.493 e. The van der Waals surface area contributed by atoms with Crippen molar-refractivity contribution in [1.82, 2.24) is 10.3 Å². The van der Waals surface area contributed by atoms with E-state index >= 15 is 0 Å². The Bertz CT molecular complexity index is 671. The molecule has 1 aromatic heterocycles. The van der Waals surface area contributed by atoms with Gasteiger partial charge in [-0.3, -0.25) is 9.78 Å². The lowest BCUT2D eigenvalue weighted by Crippen LogP contribution is -2.27. The topological polar surface area (TPSA) is 60.5 Å². The Morgan fingerprint density at radius 1 is 1.35 bits per heavy atom. The van der Waals surface area contributed by atoms with Crippen molar-refractivity contribution in [3.63, 3.8) is 0 Å². The average molecular weight is 312 g/mol. The van der Waals surface area contributed by atoms with Crippen LogP contribution in [0, 0.1) is 0 Å². The van der Waals surface area contributed by atoms with Gasteiger partial charge in [-0.1, -0.05) is 18.7 Å². The van der Waals surface area contributed by atoms with Gasteiger partial charge in [0.15, 0.2) is 11.5 Å². The predicted octanol–water partition coefficient (Wildman–Crippen LogP) is 3.15. The van der Waals surface area contributed by atoms with Gasteiger partial charge in [0.2, 0.25) is 0 Å². The van der Waals surface area contributed by atoms with Gasteiger partial charge in [-0.15, -0.1) is 0 Å². The van der Waals surface area contributed by atoms with E-state index in [-0.39, 0.29) is 11.9 Å². The lowest BCUT2D eigenvalue weighted by atomic mass is 10.1. The molecule has 0 saturated carbocycles. The Hall–Kier alpha value is -2.82. The molecule has 0 bridgehead atoms. The van der Waals surface area contributed by atoms with Gasteiger partial charge in [0.1, 0.15) is 6.61 Å². The minimum absolute atomic E-state index is 0.189. The first-order valence-electron chi connectivity index (χ1n) is 7.29. The third-order valence-electron chi connectivity index (χ3n) is 3.26. The first kappa shape index (κ1) is 16.5. The second-order valence-electron chi connectivity index (χ2n) is 4.92. The van der Waals surface area contributed by atoms with Crippen LogP contribution >= 0.6 is 0 Å². The lowest BCUT2D eigenvalue weighted by Gasteiger charge is -2.15. The summed E-state index contributed by atoms with van der Waals surface area (Å²) in [5, 5.41) is 2.91. The number of aromatic nitrogens is 1. The molecule has 1 amide bonds. The number of rotatable bonds is 7. The van der Waals surface area contributed by atoms with Crippen LogP contribution in [0.5, 0.6) is 11.5 Å². The highest BCUT2D eigenvalue weighted by atomic mass is 16.5. The molecular formula is C18H20N2O3. The molecule has 5 nitrogen and oxygen atoms in total. The Morgan fingerprint density at radius 3 is 2.83 bits per heavy atom. The van der Waals surface area contributed by atoms with Gasteiger partial charge in [0, 0.05) is 11.8 Å². The zero-order valence-corrected chi connectivity index (χ0v) is 13.3. The summed E-state index contributed by atoms with van der Waals surface area (Å²) in [7, 11) is 1.54. The first-order valence-corrected chi connectivity index (χ1v) is 7.29. The van der Waals surface area contributed by atoms with Crippen LogP contribution in [0.2, 0.25) is 0 Å². The molecule has 1 aromatic carbocycles. The average Bonchev–Trinajstić information content (AvgIpc) is 2.60. The Kier molecular flexibility index (Phi) is 5.74. The summed E-state index contributed by atoms with van der Waals surface area (Å²) < 4.78 is 10.7. The Morgan fingerprint density at radius 2 is 2.17 bits per heavy atom. The highest BCUT2D eigenvalue weighted by Gasteiger charge is 2.14. The number of carbonyl (C=O) groups excluding carboxylic acids is 1. The van der Waals surface area contributed by atoms with Crippen molar-refractivity contribution in [3.05, 3.63) is 66.5 Å². The zero-order chi connectivity index (χ0) is 16.7. The van der Waals surface area contributed by atoms with E-state index in [1.54, 1.807) is 30.5 Å². The molecule has 1 heterocycles. The van der Waals surface area contributed by atoms with E-state index in [9.17, 15) is 4.79 Å². The van der Waals surface area contributed by atoms with Crippen molar-refractivity contribution < 1.29 is 14.3 Å². The van der Waals surface area contributed by atoms with Crippen LogP contribution in [0.15, 0.2) is 55.3 Å². The second-order valence-corrected chi connectivity index (χ2v) is 4.92. The van der Waals surface area contributed by atoms with Crippen molar-refractivity contribution in [2.75, 3.05) is 13.7 Å². The van der Waals surface area contributed by atoms with Crippen molar-refractivity contribution in [2.45, 2.75) is 13.0 Å². The summed E-state index contributed by atoms with van der Waals surface area (Å²) in [5.74, 6) is 0.878. The fraction of sp³-hybridized carbons (Fsp3) is 0.222. The van der Waals surface area contributed by atoms with Gasteiger partial charge < -0.3 is 14.8 Å². The monoisotopic (exact) mass is 312 g/mol. The molecule has 120 valence electrons. The molecule has 0 spiro atoms. The van der Waals surface area contributed by atoms with Crippen LogP contribution in [-0.2, 0) is 0 Å². The molecule has 1 atom stereocenters. The molecular weight excluding hydrogens is 292 g/mol. The van der Waals surface area contributed by atoms with Crippen LogP contribution < -0.4 is 14.8 Å². The van der Waals surface area contributed by atoms with E-state index in [1.165, 1.54) is 7.11 Å². The van der Waals surface area contributed by atoms with E-state index in [1.807, 2.05) is 25.1 Å². The molecule has 2 aromatic rings. The normalized spacial score (nSPS) is 11.4. The Balaban J connectivity index is 2.11. The summed E-state index contributed by atoms with van der Waals surface area (Å²) >= 11 is 0. The standard InChI is InChI=1S/C18H20N2O3/c1-4-11-23-16-9-8-14(12-17(16)22-3)18(21)20-13(2)15-7-5-6-10-19-15/h4-10,12-13H,1,11H2,2-3H3,(H,20,21). The number of methoxy groups -OCH3 is 1. The highest BCUT2D eigenvalue weighted by Crippen LogP contribution is 2.28. The van der Waals surface area contributed by atoms with Crippen LogP contribution in [0.1, 0.15) is 29.0 Å². The molecule has 0 saturated heterocycles. The van der Waals surface area contributed by atoms with Crippen molar-refractivity contribution in [3.8, 4) is 11.5 Å². The largest absolute Gasteiger partial charge is 0.493 e. The number of hydrogen-bond acceptors (Lipinski definition) is 4. The van der Waals surface area contributed by atoms with Crippen LogP contribution in [0.25, 0.3) is 0 Å². The number of ether oxygens (including phenoxy) is 2. The molecule has 23 heavy (non-hydrogen) atoms. The van der Waals surface area contributed by atoms with Crippen molar-refractivity contribution in [2.24, 2.45) is 0 Å². The molecule has 1 N–H and O–H groups in total. The summed E-state index contributed by atoms with van der Waals surface area (Å²) in [6.45, 7) is 5.86.